The zero-order valence-corrected chi connectivity index (χ0v) is 19.6. The van der Waals surface area contributed by atoms with Gasteiger partial charge in [0.2, 0.25) is 0 Å². The van der Waals surface area contributed by atoms with E-state index in [1.54, 1.807) is 0 Å². The van der Waals surface area contributed by atoms with E-state index in [9.17, 15) is 0 Å². The van der Waals surface area contributed by atoms with Crippen LogP contribution in [0.15, 0.2) is 72.8 Å². The molecular formula is C31H35NO. The summed E-state index contributed by atoms with van der Waals surface area (Å²) < 4.78 is 8.35. The molecule has 0 radical (unpaired) electrons. The van der Waals surface area contributed by atoms with E-state index in [0.717, 1.165) is 39.0 Å². The molecule has 170 valence electrons. The maximum atomic E-state index is 5.86. The van der Waals surface area contributed by atoms with Crippen molar-refractivity contribution >= 4 is 27.9 Å². The molecule has 3 aromatic carbocycles. The minimum Gasteiger partial charge on any atom is -0.381 e. The molecule has 0 saturated heterocycles. The number of aryl methyl sites for hydroxylation is 3. The second-order valence-electron chi connectivity index (χ2n) is 9.29. The number of aromatic nitrogens is 1. The maximum absolute atomic E-state index is 5.86. The first-order valence-corrected chi connectivity index (χ1v) is 12.7. The molecule has 0 spiro atoms. The van der Waals surface area contributed by atoms with Crippen LogP contribution >= 0.6 is 0 Å². The number of fused-ring (bicyclic) bond motifs is 4. The Kier molecular flexibility index (Phi) is 7.23. The molecule has 2 nitrogen and oxygen atoms in total. The highest BCUT2D eigenvalue weighted by Gasteiger charge is 2.11. The van der Waals surface area contributed by atoms with Crippen LogP contribution in [0.3, 0.4) is 0 Å². The summed E-state index contributed by atoms with van der Waals surface area (Å²) in [5.41, 5.74) is 7.13. The Labute approximate surface area is 197 Å². The van der Waals surface area contributed by atoms with Crippen molar-refractivity contribution in [1.29, 1.82) is 0 Å². The van der Waals surface area contributed by atoms with Gasteiger partial charge in [0.05, 0.1) is 0 Å². The molecule has 1 aliphatic carbocycles. The first-order chi connectivity index (χ1) is 16.4. The van der Waals surface area contributed by atoms with E-state index in [4.69, 9.17) is 4.74 Å². The van der Waals surface area contributed by atoms with Gasteiger partial charge in [-0.25, -0.2) is 0 Å². The molecule has 0 amide bonds. The minimum atomic E-state index is 0.871. The fourth-order valence-electron chi connectivity index (χ4n) is 5.02. The van der Waals surface area contributed by atoms with Gasteiger partial charge < -0.3 is 9.30 Å². The predicted octanol–water partition coefficient (Wildman–Crippen LogP) is 7.96. The molecule has 1 heterocycles. The van der Waals surface area contributed by atoms with Crippen molar-refractivity contribution in [1.82, 2.24) is 4.57 Å². The Morgan fingerprint density at radius 3 is 2.12 bits per heavy atom. The zero-order valence-electron chi connectivity index (χ0n) is 19.6. The van der Waals surface area contributed by atoms with E-state index in [1.165, 1.54) is 70.6 Å². The fraction of sp³-hybridized carbons (Fsp3) is 0.355. The summed E-state index contributed by atoms with van der Waals surface area (Å²) in [6.07, 6.45) is 14.2. The largest absolute Gasteiger partial charge is 0.381 e. The van der Waals surface area contributed by atoms with Crippen LogP contribution in [-0.2, 0) is 24.1 Å². The third-order valence-corrected chi connectivity index (χ3v) is 6.96. The first-order valence-electron chi connectivity index (χ1n) is 12.7. The second-order valence-corrected chi connectivity index (χ2v) is 9.29. The van der Waals surface area contributed by atoms with E-state index in [2.05, 4.69) is 83.4 Å². The Balaban J connectivity index is 0.953. The van der Waals surface area contributed by atoms with Gasteiger partial charge in [-0.15, -0.1) is 0 Å². The number of nitrogens with zero attached hydrogens (tertiary/aromatic N) is 1. The molecule has 2 heteroatoms. The lowest BCUT2D eigenvalue weighted by molar-refractivity contribution is 0.128. The predicted molar refractivity (Wildman–Crippen MR) is 141 cm³/mol. The third-order valence-electron chi connectivity index (χ3n) is 6.96. The first kappa shape index (κ1) is 22.0. The highest BCUT2D eigenvalue weighted by atomic mass is 16.5. The number of allylic oxidation sites excluding steroid dienone is 1. The monoisotopic (exact) mass is 437 g/mol. The zero-order chi connectivity index (χ0) is 22.3. The van der Waals surface area contributed by atoms with Gasteiger partial charge in [0.15, 0.2) is 0 Å². The quantitative estimate of drug-likeness (QED) is 0.205. The summed E-state index contributed by atoms with van der Waals surface area (Å²) in [5.74, 6) is 0. The van der Waals surface area contributed by atoms with Crippen molar-refractivity contribution in [3.05, 3.63) is 89.5 Å². The molecule has 0 atom stereocenters. The molecule has 0 N–H and O–H groups in total. The van der Waals surface area contributed by atoms with Gasteiger partial charge >= 0.3 is 0 Å². The topological polar surface area (TPSA) is 14.2 Å². The van der Waals surface area contributed by atoms with Gasteiger partial charge in [-0.1, -0.05) is 79.6 Å². The molecule has 1 aromatic heterocycles. The summed E-state index contributed by atoms with van der Waals surface area (Å²) in [4.78, 5) is 0. The molecule has 0 saturated carbocycles. The number of rotatable bonds is 12. The number of unbranched alkanes of at least 4 members (excludes halogenated alkanes) is 4. The molecular weight excluding hydrogens is 402 g/mol. The minimum absolute atomic E-state index is 0.871. The molecule has 0 aliphatic heterocycles. The number of hydrogen-bond acceptors (Lipinski definition) is 1. The van der Waals surface area contributed by atoms with E-state index < -0.39 is 0 Å². The summed E-state index contributed by atoms with van der Waals surface area (Å²) in [6, 6.07) is 24.4. The van der Waals surface area contributed by atoms with Gasteiger partial charge in [0.1, 0.15) is 0 Å². The fourth-order valence-corrected chi connectivity index (χ4v) is 5.02. The van der Waals surface area contributed by atoms with Crippen molar-refractivity contribution in [3.63, 3.8) is 0 Å². The number of hydrogen-bond donors (Lipinski definition) is 0. The van der Waals surface area contributed by atoms with Crippen LogP contribution in [0, 0.1) is 0 Å². The summed E-state index contributed by atoms with van der Waals surface area (Å²) in [5, 5.41) is 2.74. The van der Waals surface area contributed by atoms with E-state index in [1.807, 2.05) is 0 Å². The Bertz CT molecular complexity index is 1180. The normalized spacial score (nSPS) is 13.1. The van der Waals surface area contributed by atoms with Crippen LogP contribution in [0.1, 0.15) is 55.2 Å². The molecule has 0 bridgehead atoms. The SMILES string of the molecule is C(=C\c1ccc2c(c1)CC2)/CCCOCCCCCCn1c2ccccc2c2ccccc21. The molecule has 0 unspecified atom stereocenters. The van der Waals surface area contributed by atoms with Gasteiger partial charge in [-0.2, -0.15) is 0 Å². The smallest absolute Gasteiger partial charge is 0.0491 e. The summed E-state index contributed by atoms with van der Waals surface area (Å²) >= 11 is 0. The average Bonchev–Trinajstić information content (AvgIpc) is 3.15. The average molecular weight is 438 g/mol. The molecule has 33 heavy (non-hydrogen) atoms. The highest BCUT2D eigenvalue weighted by Crippen LogP contribution is 2.29. The van der Waals surface area contributed by atoms with E-state index in [-0.39, 0.29) is 0 Å². The maximum Gasteiger partial charge on any atom is 0.0491 e. The number of para-hydroxylation sites is 2. The number of ether oxygens (including phenoxy) is 1. The number of benzene rings is 3. The second kappa shape index (κ2) is 10.9. The van der Waals surface area contributed by atoms with Crippen LogP contribution in [-0.4, -0.2) is 17.8 Å². The lowest BCUT2D eigenvalue weighted by Gasteiger charge is -2.18. The van der Waals surface area contributed by atoms with Crippen molar-refractivity contribution in [2.24, 2.45) is 0 Å². The molecule has 1 aliphatic rings. The van der Waals surface area contributed by atoms with Gasteiger partial charge in [0.25, 0.3) is 0 Å². The van der Waals surface area contributed by atoms with Crippen molar-refractivity contribution in [3.8, 4) is 0 Å². The standard InChI is InChI=1S/C31H35NO/c1(9-21-32-30-15-7-5-13-28(30)29-14-6-8-16-31(29)32)2-10-22-33-23-11-3-4-12-25-17-18-26-19-20-27(26)24-25/h4-8,12-18,24H,1-3,9-11,19-23H2/b12-4+. The van der Waals surface area contributed by atoms with Crippen LogP contribution in [0.4, 0.5) is 0 Å². The Morgan fingerprint density at radius 2 is 1.39 bits per heavy atom. The molecule has 4 aromatic rings. The van der Waals surface area contributed by atoms with Gasteiger partial charge in [0, 0.05) is 41.6 Å². The highest BCUT2D eigenvalue weighted by molar-refractivity contribution is 6.07. The Morgan fingerprint density at radius 1 is 0.697 bits per heavy atom. The third kappa shape index (κ3) is 5.23. The van der Waals surface area contributed by atoms with E-state index >= 15 is 0 Å². The van der Waals surface area contributed by atoms with Crippen molar-refractivity contribution in [2.75, 3.05) is 13.2 Å². The van der Waals surface area contributed by atoms with Crippen LogP contribution in [0.25, 0.3) is 27.9 Å². The summed E-state index contributed by atoms with van der Waals surface area (Å²) in [6.45, 7) is 2.85. The van der Waals surface area contributed by atoms with Crippen LogP contribution in [0.2, 0.25) is 0 Å². The van der Waals surface area contributed by atoms with Crippen molar-refractivity contribution < 1.29 is 4.74 Å². The van der Waals surface area contributed by atoms with E-state index in [0.29, 0.717) is 0 Å². The molecule has 0 fully saturated rings. The van der Waals surface area contributed by atoms with Crippen LogP contribution < -0.4 is 0 Å². The van der Waals surface area contributed by atoms with Gasteiger partial charge in [-0.3, -0.25) is 0 Å². The van der Waals surface area contributed by atoms with Crippen molar-refractivity contribution in [2.45, 2.75) is 57.9 Å². The van der Waals surface area contributed by atoms with Gasteiger partial charge in [-0.05, 0) is 67.3 Å². The lowest BCUT2D eigenvalue weighted by atomic mass is 9.87. The lowest BCUT2D eigenvalue weighted by Crippen LogP contribution is -2.07. The Hall–Kier alpha value is -2.84. The molecule has 5 rings (SSSR count). The summed E-state index contributed by atoms with van der Waals surface area (Å²) in [7, 11) is 0. The van der Waals surface area contributed by atoms with Crippen LogP contribution in [0.5, 0.6) is 0 Å².